The highest BCUT2D eigenvalue weighted by atomic mass is 35.5. The number of benzene rings is 1. The standard InChI is InChI=1S/C14H13N3O4.ClH/c1-6-8(15)3-2-7-11(6)14(21)17(13(7)20)9-4-5-10(18)16-12(9)19;/h2-3,9H,4-5,15H2,1H3,(H,16,18,19);1H. The van der Waals surface area contributed by atoms with E-state index in [2.05, 4.69) is 5.32 Å². The van der Waals surface area contributed by atoms with Crippen LogP contribution < -0.4 is 11.1 Å². The zero-order valence-corrected chi connectivity index (χ0v) is 12.5. The Bertz CT molecular complexity index is 716. The number of nitrogens with two attached hydrogens (primary N) is 1. The minimum absolute atomic E-state index is 0. The second kappa shape index (κ2) is 5.42. The molecule has 3 rings (SSSR count). The number of fused-ring (bicyclic) bond motifs is 1. The predicted octanol–water partition coefficient (Wildman–Crippen LogP) is 0.400. The summed E-state index contributed by atoms with van der Waals surface area (Å²) in [5.41, 5.74) is 7.20. The van der Waals surface area contributed by atoms with Crippen LogP contribution in [0.1, 0.15) is 39.1 Å². The number of hydrogen-bond donors (Lipinski definition) is 2. The monoisotopic (exact) mass is 323 g/mol. The van der Waals surface area contributed by atoms with Crippen LogP contribution in [0.25, 0.3) is 0 Å². The summed E-state index contributed by atoms with van der Waals surface area (Å²) in [6, 6.07) is 2.10. The molecule has 0 saturated carbocycles. The van der Waals surface area contributed by atoms with Gasteiger partial charge in [0.25, 0.3) is 11.8 Å². The van der Waals surface area contributed by atoms with E-state index in [9.17, 15) is 19.2 Å². The summed E-state index contributed by atoms with van der Waals surface area (Å²) in [6.07, 6.45) is 0.246. The molecule has 1 aromatic rings. The fourth-order valence-electron chi connectivity index (χ4n) is 2.74. The summed E-state index contributed by atoms with van der Waals surface area (Å²) in [4.78, 5) is 48.9. The SMILES string of the molecule is Cc1c(N)ccc2c1C(=O)N(C1CCC(=O)NC1=O)C2=O.Cl. The summed E-state index contributed by atoms with van der Waals surface area (Å²) in [5, 5.41) is 2.15. The molecule has 7 nitrogen and oxygen atoms in total. The van der Waals surface area contributed by atoms with Crippen molar-refractivity contribution in [2.45, 2.75) is 25.8 Å². The van der Waals surface area contributed by atoms with E-state index in [4.69, 9.17) is 5.73 Å². The number of nitrogens with one attached hydrogen (secondary N) is 1. The molecule has 3 N–H and O–H groups in total. The molecule has 22 heavy (non-hydrogen) atoms. The highest BCUT2D eigenvalue weighted by Crippen LogP contribution is 2.31. The molecule has 1 atom stereocenters. The molecule has 1 fully saturated rings. The van der Waals surface area contributed by atoms with Crippen LogP contribution in [0, 0.1) is 6.92 Å². The third-order valence-corrected chi connectivity index (χ3v) is 3.91. The van der Waals surface area contributed by atoms with E-state index in [0.717, 1.165) is 4.90 Å². The first-order valence-corrected chi connectivity index (χ1v) is 6.52. The first-order valence-electron chi connectivity index (χ1n) is 6.52. The number of nitrogen functional groups attached to an aromatic ring is 1. The van der Waals surface area contributed by atoms with Gasteiger partial charge in [0.1, 0.15) is 6.04 Å². The van der Waals surface area contributed by atoms with Crippen LogP contribution in [0.4, 0.5) is 5.69 Å². The quantitative estimate of drug-likeness (QED) is 0.574. The van der Waals surface area contributed by atoms with Gasteiger partial charge >= 0.3 is 0 Å². The van der Waals surface area contributed by atoms with E-state index in [1.165, 1.54) is 6.07 Å². The molecule has 2 aliphatic rings. The average Bonchev–Trinajstić information content (AvgIpc) is 2.67. The third kappa shape index (κ3) is 2.14. The van der Waals surface area contributed by atoms with Gasteiger partial charge in [-0.1, -0.05) is 0 Å². The second-order valence-electron chi connectivity index (χ2n) is 5.15. The van der Waals surface area contributed by atoms with Crippen LogP contribution in [-0.4, -0.2) is 34.6 Å². The van der Waals surface area contributed by atoms with E-state index in [-0.39, 0.29) is 36.4 Å². The highest BCUT2D eigenvalue weighted by molar-refractivity contribution is 6.24. The van der Waals surface area contributed by atoms with E-state index >= 15 is 0 Å². The number of rotatable bonds is 1. The van der Waals surface area contributed by atoms with Crippen molar-refractivity contribution in [3.63, 3.8) is 0 Å². The molecule has 0 aromatic heterocycles. The third-order valence-electron chi connectivity index (χ3n) is 3.91. The van der Waals surface area contributed by atoms with Crippen LogP contribution in [0.3, 0.4) is 0 Å². The predicted molar refractivity (Wildman–Crippen MR) is 79.5 cm³/mol. The van der Waals surface area contributed by atoms with Gasteiger partial charge in [0, 0.05) is 12.1 Å². The Labute approximate surface area is 132 Å². The van der Waals surface area contributed by atoms with Gasteiger partial charge in [-0.3, -0.25) is 29.4 Å². The lowest BCUT2D eigenvalue weighted by atomic mass is 10.0. The zero-order chi connectivity index (χ0) is 15.3. The highest BCUT2D eigenvalue weighted by Gasteiger charge is 2.45. The summed E-state index contributed by atoms with van der Waals surface area (Å²) < 4.78 is 0. The Morgan fingerprint density at radius 2 is 1.86 bits per heavy atom. The Morgan fingerprint density at radius 3 is 2.50 bits per heavy atom. The van der Waals surface area contributed by atoms with Gasteiger partial charge in [0.2, 0.25) is 11.8 Å². The maximum atomic E-state index is 12.5. The molecule has 2 heterocycles. The van der Waals surface area contributed by atoms with E-state index in [1.54, 1.807) is 13.0 Å². The molecule has 1 saturated heterocycles. The van der Waals surface area contributed by atoms with Crippen LogP contribution in [0.15, 0.2) is 12.1 Å². The van der Waals surface area contributed by atoms with E-state index < -0.39 is 29.7 Å². The smallest absolute Gasteiger partial charge is 0.262 e. The molecule has 0 radical (unpaired) electrons. The van der Waals surface area contributed by atoms with Crippen molar-refractivity contribution in [2.75, 3.05) is 5.73 Å². The number of amides is 4. The van der Waals surface area contributed by atoms with E-state index in [0.29, 0.717) is 11.3 Å². The van der Waals surface area contributed by atoms with Crippen LogP contribution in [-0.2, 0) is 9.59 Å². The number of anilines is 1. The first-order chi connectivity index (χ1) is 9.91. The maximum absolute atomic E-state index is 12.5. The molecular weight excluding hydrogens is 310 g/mol. The van der Waals surface area contributed by atoms with Crippen molar-refractivity contribution in [2.24, 2.45) is 0 Å². The first kappa shape index (κ1) is 16.0. The summed E-state index contributed by atoms with van der Waals surface area (Å²) in [6.45, 7) is 1.66. The van der Waals surface area contributed by atoms with Crippen molar-refractivity contribution >= 4 is 41.7 Å². The van der Waals surface area contributed by atoms with Gasteiger partial charge in [-0.05, 0) is 31.0 Å². The zero-order valence-electron chi connectivity index (χ0n) is 11.7. The number of piperidine rings is 1. The summed E-state index contributed by atoms with van der Waals surface area (Å²) in [7, 11) is 0. The summed E-state index contributed by atoms with van der Waals surface area (Å²) in [5.74, 6) is -2.07. The van der Waals surface area contributed by atoms with Crippen molar-refractivity contribution in [1.82, 2.24) is 10.2 Å². The molecule has 0 bridgehead atoms. The number of halogens is 1. The number of carbonyl (C=O) groups excluding carboxylic acids is 4. The normalized spacial score (nSPS) is 20.6. The maximum Gasteiger partial charge on any atom is 0.262 e. The van der Waals surface area contributed by atoms with Gasteiger partial charge in [-0.15, -0.1) is 12.4 Å². The van der Waals surface area contributed by atoms with Gasteiger partial charge in [-0.25, -0.2) is 0 Å². The topological polar surface area (TPSA) is 110 Å². The molecule has 1 aromatic carbocycles. The number of imide groups is 2. The molecule has 8 heteroatoms. The molecule has 0 aliphatic carbocycles. The fraction of sp³-hybridized carbons (Fsp3) is 0.286. The van der Waals surface area contributed by atoms with Crippen molar-refractivity contribution in [3.8, 4) is 0 Å². The largest absolute Gasteiger partial charge is 0.398 e. The molecule has 116 valence electrons. The lowest BCUT2D eigenvalue weighted by Crippen LogP contribution is -2.54. The molecule has 4 amide bonds. The number of nitrogens with zero attached hydrogens (tertiary/aromatic N) is 1. The van der Waals surface area contributed by atoms with Crippen LogP contribution in [0.2, 0.25) is 0 Å². The van der Waals surface area contributed by atoms with Gasteiger partial charge in [0.15, 0.2) is 0 Å². The Balaban J connectivity index is 0.00000176. The van der Waals surface area contributed by atoms with Crippen molar-refractivity contribution in [1.29, 1.82) is 0 Å². The molecule has 2 aliphatic heterocycles. The van der Waals surface area contributed by atoms with E-state index in [1.807, 2.05) is 0 Å². The minimum atomic E-state index is -0.948. The molecular formula is C14H14ClN3O4. The number of carbonyl (C=O) groups is 4. The average molecular weight is 324 g/mol. The van der Waals surface area contributed by atoms with Crippen molar-refractivity contribution < 1.29 is 19.2 Å². The number of hydrogen-bond acceptors (Lipinski definition) is 5. The minimum Gasteiger partial charge on any atom is -0.398 e. The second-order valence-corrected chi connectivity index (χ2v) is 5.15. The fourth-order valence-corrected chi connectivity index (χ4v) is 2.74. The Hall–Kier alpha value is -2.41. The van der Waals surface area contributed by atoms with Gasteiger partial charge in [0.05, 0.1) is 11.1 Å². The lowest BCUT2D eigenvalue weighted by molar-refractivity contribution is -0.136. The summed E-state index contributed by atoms with van der Waals surface area (Å²) >= 11 is 0. The lowest BCUT2D eigenvalue weighted by Gasteiger charge is -2.27. The Morgan fingerprint density at radius 1 is 1.18 bits per heavy atom. The molecule has 0 spiro atoms. The van der Waals surface area contributed by atoms with Crippen molar-refractivity contribution in [3.05, 3.63) is 28.8 Å². The molecule has 1 unspecified atom stereocenters. The van der Waals surface area contributed by atoms with Crippen LogP contribution in [0.5, 0.6) is 0 Å². The Kier molecular flexibility index (Phi) is 3.93. The van der Waals surface area contributed by atoms with Crippen LogP contribution >= 0.6 is 12.4 Å². The van der Waals surface area contributed by atoms with Gasteiger partial charge < -0.3 is 5.73 Å². The van der Waals surface area contributed by atoms with Gasteiger partial charge in [-0.2, -0.15) is 0 Å².